The Morgan fingerprint density at radius 1 is 1.18 bits per heavy atom. The highest BCUT2D eigenvalue weighted by molar-refractivity contribution is 6.05. The number of carbonyl (C=O) groups is 1. The molecule has 1 aliphatic rings. The Bertz CT molecular complexity index is 802. The third-order valence-electron chi connectivity index (χ3n) is 4.32. The number of fused-ring (bicyclic) bond motifs is 1. The van der Waals surface area contributed by atoms with Crippen LogP contribution in [0.5, 0.6) is 0 Å². The molecule has 22 heavy (non-hydrogen) atoms. The molecule has 5 heteroatoms. The molecule has 2 heterocycles. The van der Waals surface area contributed by atoms with E-state index in [1.165, 1.54) is 13.3 Å². The average Bonchev–Trinajstić information content (AvgIpc) is 2.51. The lowest BCUT2D eigenvalue weighted by molar-refractivity contribution is 0.101. The minimum Gasteiger partial charge on any atom is -0.342 e. The molecule has 0 unspecified atom stereocenters. The van der Waals surface area contributed by atoms with Gasteiger partial charge in [0, 0.05) is 25.7 Å². The van der Waals surface area contributed by atoms with Crippen LogP contribution in [-0.4, -0.2) is 28.4 Å². The van der Waals surface area contributed by atoms with Crippen molar-refractivity contribution in [3.8, 4) is 0 Å². The lowest BCUT2D eigenvalue weighted by Crippen LogP contribution is -2.35. The SMILES string of the molecule is CC(=O)c1cc(C)cc2c(=O)n(C)c(N3CCCCC3)nc12. The number of ketones is 1. The fourth-order valence-corrected chi connectivity index (χ4v) is 3.15. The molecule has 0 atom stereocenters. The summed E-state index contributed by atoms with van der Waals surface area (Å²) in [6, 6.07) is 3.63. The van der Waals surface area contributed by atoms with Crippen LogP contribution in [0.4, 0.5) is 5.95 Å². The molecule has 0 spiro atoms. The Hall–Kier alpha value is -2.17. The zero-order valence-electron chi connectivity index (χ0n) is 13.3. The van der Waals surface area contributed by atoms with Gasteiger partial charge in [0.1, 0.15) is 0 Å². The fourth-order valence-electron chi connectivity index (χ4n) is 3.15. The van der Waals surface area contributed by atoms with Crippen LogP contribution in [0.3, 0.4) is 0 Å². The molecule has 0 saturated carbocycles. The van der Waals surface area contributed by atoms with Crippen LogP contribution in [0.1, 0.15) is 42.1 Å². The number of nitrogens with zero attached hydrogens (tertiary/aromatic N) is 3. The smallest absolute Gasteiger partial charge is 0.262 e. The topological polar surface area (TPSA) is 55.2 Å². The van der Waals surface area contributed by atoms with Gasteiger partial charge in [-0.25, -0.2) is 4.98 Å². The van der Waals surface area contributed by atoms with Crippen molar-refractivity contribution in [2.24, 2.45) is 7.05 Å². The van der Waals surface area contributed by atoms with E-state index in [2.05, 4.69) is 9.88 Å². The van der Waals surface area contributed by atoms with E-state index in [0.29, 0.717) is 22.4 Å². The van der Waals surface area contributed by atoms with Crippen LogP contribution in [0.25, 0.3) is 10.9 Å². The Morgan fingerprint density at radius 2 is 1.86 bits per heavy atom. The van der Waals surface area contributed by atoms with Gasteiger partial charge in [-0.15, -0.1) is 0 Å². The van der Waals surface area contributed by atoms with E-state index < -0.39 is 0 Å². The molecule has 0 N–H and O–H groups in total. The lowest BCUT2D eigenvalue weighted by Gasteiger charge is -2.29. The van der Waals surface area contributed by atoms with E-state index in [9.17, 15) is 9.59 Å². The molecule has 0 aliphatic carbocycles. The number of carbonyl (C=O) groups excluding carboxylic acids is 1. The molecule has 1 saturated heterocycles. The Balaban J connectivity index is 2.29. The summed E-state index contributed by atoms with van der Waals surface area (Å²) in [6.07, 6.45) is 3.44. The van der Waals surface area contributed by atoms with Gasteiger partial charge in [0.15, 0.2) is 5.78 Å². The Labute approximate surface area is 129 Å². The van der Waals surface area contributed by atoms with Gasteiger partial charge < -0.3 is 4.90 Å². The summed E-state index contributed by atoms with van der Waals surface area (Å²) >= 11 is 0. The summed E-state index contributed by atoms with van der Waals surface area (Å²) in [4.78, 5) is 31.5. The predicted molar refractivity (Wildman–Crippen MR) is 87.8 cm³/mol. The zero-order valence-corrected chi connectivity index (χ0v) is 13.3. The molecule has 5 nitrogen and oxygen atoms in total. The second-order valence-electron chi connectivity index (χ2n) is 6.09. The second kappa shape index (κ2) is 5.55. The van der Waals surface area contributed by atoms with Crippen molar-refractivity contribution >= 4 is 22.6 Å². The van der Waals surface area contributed by atoms with Crippen LogP contribution in [0.15, 0.2) is 16.9 Å². The highest BCUT2D eigenvalue weighted by Gasteiger charge is 2.19. The van der Waals surface area contributed by atoms with E-state index in [1.54, 1.807) is 11.6 Å². The molecular weight excluding hydrogens is 278 g/mol. The Kier molecular flexibility index (Phi) is 3.72. The Morgan fingerprint density at radius 3 is 2.50 bits per heavy atom. The summed E-state index contributed by atoms with van der Waals surface area (Å²) in [7, 11) is 1.76. The number of piperidine rings is 1. The number of Topliss-reactive ketones (excluding diaryl/α,β-unsaturated/α-hetero) is 1. The third-order valence-corrected chi connectivity index (χ3v) is 4.32. The molecule has 1 aliphatic heterocycles. The number of benzene rings is 1. The highest BCUT2D eigenvalue weighted by atomic mass is 16.1. The number of hydrogen-bond donors (Lipinski definition) is 0. The zero-order chi connectivity index (χ0) is 15.9. The summed E-state index contributed by atoms with van der Waals surface area (Å²) in [5.41, 5.74) is 1.88. The van der Waals surface area contributed by atoms with Crippen LogP contribution < -0.4 is 10.5 Å². The number of aromatic nitrogens is 2. The van der Waals surface area contributed by atoms with Gasteiger partial charge in [-0.3, -0.25) is 14.2 Å². The van der Waals surface area contributed by atoms with Gasteiger partial charge >= 0.3 is 0 Å². The normalized spacial score (nSPS) is 15.3. The van der Waals surface area contributed by atoms with Gasteiger partial charge in [-0.05, 0) is 50.8 Å². The summed E-state index contributed by atoms with van der Waals surface area (Å²) in [5, 5.41) is 0.522. The van der Waals surface area contributed by atoms with E-state index in [1.807, 2.05) is 19.1 Å². The van der Waals surface area contributed by atoms with Crippen LogP contribution >= 0.6 is 0 Å². The first-order chi connectivity index (χ1) is 10.5. The predicted octanol–water partition coefficient (Wildman–Crippen LogP) is 2.43. The van der Waals surface area contributed by atoms with Crippen molar-refractivity contribution in [2.45, 2.75) is 33.1 Å². The van der Waals surface area contributed by atoms with Gasteiger partial charge in [-0.1, -0.05) is 0 Å². The number of anilines is 1. The molecule has 0 bridgehead atoms. The third kappa shape index (κ3) is 2.40. The van der Waals surface area contributed by atoms with Crippen molar-refractivity contribution in [2.75, 3.05) is 18.0 Å². The van der Waals surface area contributed by atoms with Crippen molar-refractivity contribution in [3.05, 3.63) is 33.6 Å². The molecule has 1 fully saturated rings. The highest BCUT2D eigenvalue weighted by Crippen LogP contribution is 2.22. The van der Waals surface area contributed by atoms with Crippen molar-refractivity contribution in [1.29, 1.82) is 0 Å². The maximum absolute atomic E-state index is 12.7. The van der Waals surface area contributed by atoms with Crippen molar-refractivity contribution in [1.82, 2.24) is 9.55 Å². The summed E-state index contributed by atoms with van der Waals surface area (Å²) in [6.45, 7) is 5.23. The first-order valence-corrected chi connectivity index (χ1v) is 7.76. The standard InChI is InChI=1S/C17H21N3O2/c1-11-9-13(12(2)21)15-14(10-11)16(22)19(3)17(18-15)20-7-5-4-6-8-20/h9-10H,4-8H2,1-3H3. The maximum Gasteiger partial charge on any atom is 0.262 e. The van der Waals surface area contributed by atoms with E-state index in [4.69, 9.17) is 0 Å². The molecule has 1 aromatic carbocycles. The van der Waals surface area contributed by atoms with E-state index in [0.717, 1.165) is 31.5 Å². The first-order valence-electron chi connectivity index (χ1n) is 7.76. The molecule has 3 rings (SSSR count). The van der Waals surface area contributed by atoms with Gasteiger partial charge in [0.2, 0.25) is 5.95 Å². The minimum atomic E-state index is -0.0863. The summed E-state index contributed by atoms with van der Waals surface area (Å²) < 4.78 is 1.61. The van der Waals surface area contributed by atoms with Crippen LogP contribution in [0.2, 0.25) is 0 Å². The summed E-state index contributed by atoms with van der Waals surface area (Å²) in [5.74, 6) is 0.614. The number of aryl methyl sites for hydroxylation is 1. The molecule has 1 aromatic heterocycles. The number of hydrogen-bond acceptors (Lipinski definition) is 4. The van der Waals surface area contributed by atoms with Gasteiger partial charge in [0.25, 0.3) is 5.56 Å². The monoisotopic (exact) mass is 299 g/mol. The molecular formula is C17H21N3O2. The quantitative estimate of drug-likeness (QED) is 0.799. The average molecular weight is 299 g/mol. The first kappa shape index (κ1) is 14.8. The molecule has 2 aromatic rings. The largest absolute Gasteiger partial charge is 0.342 e. The van der Waals surface area contributed by atoms with Crippen molar-refractivity contribution in [3.63, 3.8) is 0 Å². The molecule has 0 amide bonds. The lowest BCUT2D eigenvalue weighted by atomic mass is 10.0. The molecule has 116 valence electrons. The second-order valence-corrected chi connectivity index (χ2v) is 6.09. The fraction of sp³-hybridized carbons (Fsp3) is 0.471. The van der Waals surface area contributed by atoms with E-state index >= 15 is 0 Å². The molecule has 0 radical (unpaired) electrons. The van der Waals surface area contributed by atoms with Gasteiger partial charge in [-0.2, -0.15) is 0 Å². The van der Waals surface area contributed by atoms with Crippen LogP contribution in [-0.2, 0) is 7.05 Å². The van der Waals surface area contributed by atoms with Crippen LogP contribution in [0, 0.1) is 6.92 Å². The van der Waals surface area contributed by atoms with E-state index in [-0.39, 0.29) is 11.3 Å². The number of rotatable bonds is 2. The van der Waals surface area contributed by atoms with Gasteiger partial charge in [0.05, 0.1) is 10.9 Å². The van der Waals surface area contributed by atoms with Crippen molar-refractivity contribution < 1.29 is 4.79 Å². The minimum absolute atomic E-state index is 0.0564. The maximum atomic E-state index is 12.7.